The Hall–Kier alpha value is -3.22. The average Bonchev–Trinajstić information content (AvgIpc) is 2.86. The third-order valence-corrected chi connectivity index (χ3v) is 4.20. The van der Waals surface area contributed by atoms with E-state index in [0.717, 1.165) is 0 Å². The highest BCUT2D eigenvalue weighted by Crippen LogP contribution is 2.29. The molecule has 0 aromatic heterocycles. The molecule has 2 heterocycles. The van der Waals surface area contributed by atoms with Gasteiger partial charge in [0.25, 0.3) is 11.8 Å². The lowest BCUT2D eigenvalue weighted by Gasteiger charge is -2.24. The van der Waals surface area contributed by atoms with Gasteiger partial charge in [-0.25, -0.2) is 9.18 Å². The van der Waals surface area contributed by atoms with E-state index in [2.05, 4.69) is 0 Å². The summed E-state index contributed by atoms with van der Waals surface area (Å²) in [5.74, 6) is -2.81. The number of hydrogen-bond acceptors (Lipinski definition) is 5. The summed E-state index contributed by atoms with van der Waals surface area (Å²) in [4.78, 5) is 41.8. The molecule has 0 spiro atoms. The molecule has 0 bridgehead atoms. The third kappa shape index (κ3) is 2.53. The summed E-state index contributed by atoms with van der Waals surface area (Å²) in [6.45, 7) is 0.0284. The van der Waals surface area contributed by atoms with Gasteiger partial charge in [-0.2, -0.15) is 0 Å². The number of ether oxygens (including phenoxy) is 1. The van der Waals surface area contributed by atoms with Gasteiger partial charge in [0.1, 0.15) is 18.2 Å². The number of carbonyl (C=O) groups is 3. The van der Waals surface area contributed by atoms with Crippen molar-refractivity contribution in [1.82, 2.24) is 5.06 Å². The normalized spacial score (nSPS) is 18.4. The fourth-order valence-corrected chi connectivity index (χ4v) is 2.93. The van der Waals surface area contributed by atoms with Crippen LogP contribution >= 0.6 is 0 Å². The number of imide groups is 1. The van der Waals surface area contributed by atoms with E-state index in [-0.39, 0.29) is 24.2 Å². The van der Waals surface area contributed by atoms with Crippen molar-refractivity contribution < 1.29 is 28.3 Å². The molecule has 6 nitrogen and oxygen atoms in total. The molecule has 1 unspecified atom stereocenters. The highest BCUT2D eigenvalue weighted by molar-refractivity contribution is 6.20. The minimum Gasteiger partial charge on any atom is -0.492 e. The van der Waals surface area contributed by atoms with Crippen LogP contribution in [0.4, 0.5) is 4.39 Å². The van der Waals surface area contributed by atoms with Gasteiger partial charge < -0.3 is 9.57 Å². The van der Waals surface area contributed by atoms with Crippen LogP contribution < -0.4 is 4.74 Å². The van der Waals surface area contributed by atoms with Crippen molar-refractivity contribution in [1.29, 1.82) is 0 Å². The summed E-state index contributed by atoms with van der Waals surface area (Å²) in [5, 5.41) is 0.466. The van der Waals surface area contributed by atoms with Crippen LogP contribution in [0.25, 0.3) is 0 Å². The number of rotatable bonds is 2. The van der Waals surface area contributed by atoms with Crippen molar-refractivity contribution in [2.75, 3.05) is 6.61 Å². The fraction of sp³-hybridized carbons (Fsp3) is 0.167. The number of halogens is 1. The van der Waals surface area contributed by atoms with Gasteiger partial charge >= 0.3 is 5.97 Å². The summed E-state index contributed by atoms with van der Waals surface area (Å²) in [6.07, 6.45) is 0.203. The van der Waals surface area contributed by atoms with Crippen LogP contribution in [0.15, 0.2) is 42.5 Å². The lowest BCUT2D eigenvalue weighted by Crippen LogP contribution is -2.38. The number of amides is 2. The summed E-state index contributed by atoms with van der Waals surface area (Å²) in [5.41, 5.74) is 0.913. The minimum absolute atomic E-state index is 0.0284. The van der Waals surface area contributed by atoms with Crippen molar-refractivity contribution in [3.63, 3.8) is 0 Å². The zero-order chi connectivity index (χ0) is 17.6. The first kappa shape index (κ1) is 15.3. The van der Waals surface area contributed by atoms with Gasteiger partial charge in [-0.3, -0.25) is 9.59 Å². The molecule has 2 aliphatic rings. The average molecular weight is 341 g/mol. The lowest BCUT2D eigenvalue weighted by atomic mass is 9.97. The standard InChI is InChI=1S/C18H12FNO5/c19-12-5-6-15-10(8-12)7-11(9-24-15)18(23)25-20-16(21)13-3-1-2-4-14(13)17(20)22/h1-6,8,11H,7,9H2. The molecule has 4 rings (SSSR count). The topological polar surface area (TPSA) is 72.9 Å². The van der Waals surface area contributed by atoms with Gasteiger partial charge in [0.05, 0.1) is 17.0 Å². The van der Waals surface area contributed by atoms with E-state index in [0.29, 0.717) is 16.4 Å². The Balaban J connectivity index is 1.50. The van der Waals surface area contributed by atoms with Gasteiger partial charge in [-0.1, -0.05) is 17.2 Å². The zero-order valence-corrected chi connectivity index (χ0v) is 12.9. The smallest absolute Gasteiger partial charge is 0.340 e. The summed E-state index contributed by atoms with van der Waals surface area (Å²) in [7, 11) is 0. The second-order valence-electron chi connectivity index (χ2n) is 5.82. The van der Waals surface area contributed by atoms with Gasteiger partial charge in [0.2, 0.25) is 0 Å². The molecule has 25 heavy (non-hydrogen) atoms. The molecule has 2 amide bonds. The Morgan fingerprint density at radius 3 is 2.48 bits per heavy atom. The first-order chi connectivity index (χ1) is 12.0. The Labute approximate surface area is 141 Å². The minimum atomic E-state index is -0.774. The molecule has 2 aliphatic heterocycles. The maximum Gasteiger partial charge on any atom is 0.340 e. The van der Waals surface area contributed by atoms with Crippen LogP contribution in [0.5, 0.6) is 5.75 Å². The van der Waals surface area contributed by atoms with Gasteiger partial charge in [-0.15, -0.1) is 0 Å². The molecule has 0 aliphatic carbocycles. The van der Waals surface area contributed by atoms with Crippen LogP contribution in [0.1, 0.15) is 26.3 Å². The third-order valence-electron chi connectivity index (χ3n) is 4.20. The maximum absolute atomic E-state index is 13.3. The molecule has 1 atom stereocenters. The number of hydroxylamine groups is 2. The second-order valence-corrected chi connectivity index (χ2v) is 5.82. The fourth-order valence-electron chi connectivity index (χ4n) is 2.93. The summed E-state index contributed by atoms with van der Waals surface area (Å²) in [6, 6.07) is 10.3. The number of hydrogen-bond donors (Lipinski definition) is 0. The van der Waals surface area contributed by atoms with Crippen molar-refractivity contribution in [2.45, 2.75) is 6.42 Å². The largest absolute Gasteiger partial charge is 0.492 e. The molecular formula is C18H12FNO5. The van der Waals surface area contributed by atoms with Crippen molar-refractivity contribution in [3.05, 3.63) is 65.0 Å². The number of benzene rings is 2. The highest BCUT2D eigenvalue weighted by Gasteiger charge is 2.40. The first-order valence-electron chi connectivity index (χ1n) is 7.65. The molecule has 0 fully saturated rings. The second kappa shape index (κ2) is 5.70. The Morgan fingerprint density at radius 2 is 1.80 bits per heavy atom. The Morgan fingerprint density at radius 1 is 1.12 bits per heavy atom. The van der Waals surface area contributed by atoms with Crippen LogP contribution in [-0.4, -0.2) is 29.5 Å². The number of nitrogens with zero attached hydrogens (tertiary/aromatic N) is 1. The highest BCUT2D eigenvalue weighted by atomic mass is 19.1. The first-order valence-corrected chi connectivity index (χ1v) is 7.65. The Kier molecular flexibility index (Phi) is 3.49. The van der Waals surface area contributed by atoms with Crippen LogP contribution in [0.2, 0.25) is 0 Å². The van der Waals surface area contributed by atoms with Crippen LogP contribution in [0.3, 0.4) is 0 Å². The maximum atomic E-state index is 13.3. The van der Waals surface area contributed by atoms with Crippen LogP contribution in [0, 0.1) is 11.7 Å². The number of fused-ring (bicyclic) bond motifs is 2. The molecule has 126 valence electrons. The van der Waals surface area contributed by atoms with Crippen molar-refractivity contribution in [3.8, 4) is 5.75 Å². The molecule has 0 N–H and O–H groups in total. The Bertz CT molecular complexity index is 875. The van der Waals surface area contributed by atoms with Gasteiger partial charge in [0, 0.05) is 0 Å². The van der Waals surface area contributed by atoms with E-state index in [4.69, 9.17) is 9.57 Å². The summed E-state index contributed by atoms with van der Waals surface area (Å²) < 4.78 is 18.8. The van der Waals surface area contributed by atoms with Crippen molar-refractivity contribution in [2.24, 2.45) is 5.92 Å². The van der Waals surface area contributed by atoms with E-state index in [1.807, 2.05) is 0 Å². The van der Waals surface area contributed by atoms with Crippen LogP contribution in [-0.2, 0) is 16.1 Å². The molecule has 0 radical (unpaired) electrons. The predicted molar refractivity (Wildman–Crippen MR) is 82.1 cm³/mol. The van der Waals surface area contributed by atoms with E-state index >= 15 is 0 Å². The SMILES string of the molecule is O=C(ON1C(=O)c2ccccc2C1=O)C1COc2ccc(F)cc2C1. The molecule has 2 aromatic carbocycles. The summed E-state index contributed by atoms with van der Waals surface area (Å²) >= 11 is 0. The van der Waals surface area contributed by atoms with E-state index in [1.54, 1.807) is 12.1 Å². The molecule has 2 aromatic rings. The zero-order valence-electron chi connectivity index (χ0n) is 12.9. The lowest BCUT2D eigenvalue weighted by molar-refractivity contribution is -0.175. The predicted octanol–water partition coefficient (Wildman–Crippen LogP) is 2.13. The van der Waals surface area contributed by atoms with E-state index < -0.39 is 29.5 Å². The molecule has 0 saturated heterocycles. The van der Waals surface area contributed by atoms with E-state index in [1.165, 1.54) is 30.3 Å². The van der Waals surface area contributed by atoms with Crippen molar-refractivity contribution >= 4 is 17.8 Å². The quantitative estimate of drug-likeness (QED) is 0.783. The van der Waals surface area contributed by atoms with Gasteiger partial charge in [0.15, 0.2) is 0 Å². The molecule has 0 saturated carbocycles. The molecule has 7 heteroatoms. The van der Waals surface area contributed by atoms with Gasteiger partial charge in [-0.05, 0) is 42.3 Å². The molecular weight excluding hydrogens is 329 g/mol. The monoisotopic (exact) mass is 341 g/mol. The van der Waals surface area contributed by atoms with E-state index in [9.17, 15) is 18.8 Å². The number of carbonyl (C=O) groups excluding carboxylic acids is 3.